The summed E-state index contributed by atoms with van der Waals surface area (Å²) in [6.07, 6.45) is 0.652. The summed E-state index contributed by atoms with van der Waals surface area (Å²) in [4.78, 5) is 0. The van der Waals surface area contributed by atoms with Crippen molar-refractivity contribution in [1.29, 1.82) is 0 Å². The summed E-state index contributed by atoms with van der Waals surface area (Å²) >= 11 is 0. The van der Waals surface area contributed by atoms with Gasteiger partial charge in [0.25, 0.3) is 0 Å². The summed E-state index contributed by atoms with van der Waals surface area (Å²) in [5.41, 5.74) is 6.43. The molecule has 1 unspecified atom stereocenters. The molecular formula is C12H18N2O3. The van der Waals surface area contributed by atoms with Gasteiger partial charge in [-0.15, -0.1) is 0 Å². The highest BCUT2D eigenvalue weighted by molar-refractivity contribution is 5.59. The van der Waals surface area contributed by atoms with Crippen LogP contribution in [0.1, 0.15) is 6.42 Å². The zero-order valence-electron chi connectivity index (χ0n) is 9.90. The van der Waals surface area contributed by atoms with Crippen LogP contribution in [-0.2, 0) is 4.74 Å². The Kier molecular flexibility index (Phi) is 3.40. The first-order valence-corrected chi connectivity index (χ1v) is 5.60. The third-order valence-electron chi connectivity index (χ3n) is 2.87. The quantitative estimate of drug-likeness (QED) is 0.678. The average molecular weight is 238 g/mol. The monoisotopic (exact) mass is 238 g/mol. The predicted octanol–water partition coefficient (Wildman–Crippen LogP) is 0.841. The van der Waals surface area contributed by atoms with E-state index in [1.807, 2.05) is 12.1 Å². The highest BCUT2D eigenvalue weighted by Gasteiger charge is 2.31. The van der Waals surface area contributed by atoms with Gasteiger partial charge in [0.1, 0.15) is 11.4 Å². The van der Waals surface area contributed by atoms with E-state index in [1.165, 1.54) is 0 Å². The van der Waals surface area contributed by atoms with Crippen LogP contribution in [0, 0.1) is 0 Å². The van der Waals surface area contributed by atoms with Crippen LogP contribution in [0.2, 0.25) is 0 Å². The maximum absolute atomic E-state index is 10.1. The predicted molar refractivity (Wildman–Crippen MR) is 66.3 cm³/mol. The van der Waals surface area contributed by atoms with Gasteiger partial charge >= 0.3 is 0 Å². The Morgan fingerprint density at radius 3 is 3.00 bits per heavy atom. The lowest BCUT2D eigenvalue weighted by molar-refractivity contribution is 0.0382. The van der Waals surface area contributed by atoms with E-state index in [1.54, 1.807) is 13.2 Å². The highest BCUT2D eigenvalue weighted by Crippen LogP contribution is 2.24. The van der Waals surface area contributed by atoms with Crippen LogP contribution >= 0.6 is 0 Å². The lowest BCUT2D eigenvalue weighted by Gasteiger charge is -2.21. The summed E-state index contributed by atoms with van der Waals surface area (Å²) in [6.45, 7) is 1.43. The van der Waals surface area contributed by atoms with Crippen molar-refractivity contribution in [2.45, 2.75) is 12.0 Å². The Morgan fingerprint density at radius 1 is 1.53 bits per heavy atom. The second-order valence-corrected chi connectivity index (χ2v) is 4.38. The molecule has 1 saturated heterocycles. The second-order valence-electron chi connectivity index (χ2n) is 4.38. The molecule has 0 amide bonds. The summed E-state index contributed by atoms with van der Waals surface area (Å²) < 4.78 is 10.3. The van der Waals surface area contributed by atoms with Gasteiger partial charge in [-0.3, -0.25) is 0 Å². The van der Waals surface area contributed by atoms with Gasteiger partial charge in [-0.1, -0.05) is 0 Å². The molecule has 1 heterocycles. The van der Waals surface area contributed by atoms with E-state index >= 15 is 0 Å². The fourth-order valence-electron chi connectivity index (χ4n) is 1.84. The minimum Gasteiger partial charge on any atom is -0.497 e. The van der Waals surface area contributed by atoms with Gasteiger partial charge in [-0.2, -0.15) is 0 Å². The number of nitrogens with one attached hydrogen (secondary N) is 1. The zero-order chi connectivity index (χ0) is 12.3. The second kappa shape index (κ2) is 4.81. The molecule has 0 saturated carbocycles. The molecule has 94 valence electrons. The third kappa shape index (κ3) is 3.01. The van der Waals surface area contributed by atoms with Gasteiger partial charge in [-0.05, 0) is 6.07 Å². The van der Waals surface area contributed by atoms with E-state index in [-0.39, 0.29) is 0 Å². The minimum atomic E-state index is -0.780. The van der Waals surface area contributed by atoms with Gasteiger partial charge < -0.3 is 25.6 Å². The number of anilines is 2. The Labute approximate surface area is 101 Å². The van der Waals surface area contributed by atoms with E-state index in [0.717, 1.165) is 5.69 Å². The normalized spacial score (nSPS) is 23.6. The van der Waals surface area contributed by atoms with Crippen LogP contribution in [0.4, 0.5) is 11.4 Å². The number of ether oxygens (including phenoxy) is 2. The van der Waals surface area contributed by atoms with Crippen LogP contribution < -0.4 is 15.8 Å². The standard InChI is InChI=1S/C12H18N2O3/c1-16-11-5-9(13)4-10(6-11)14-7-12(15)2-3-17-8-12/h4-6,14-15H,2-3,7-8,13H2,1H3. The number of hydrogen-bond acceptors (Lipinski definition) is 5. The Bertz CT molecular complexity index is 389. The molecule has 0 aromatic heterocycles. The SMILES string of the molecule is COc1cc(N)cc(NCC2(O)CCOC2)c1. The number of nitrogens with two attached hydrogens (primary N) is 1. The maximum atomic E-state index is 10.1. The number of benzene rings is 1. The fraction of sp³-hybridized carbons (Fsp3) is 0.500. The van der Waals surface area contributed by atoms with Gasteiger partial charge in [0.05, 0.1) is 13.7 Å². The molecule has 1 aliphatic heterocycles. The lowest BCUT2D eigenvalue weighted by Crippen LogP contribution is -2.37. The lowest BCUT2D eigenvalue weighted by atomic mass is 10.0. The van der Waals surface area contributed by atoms with E-state index < -0.39 is 5.60 Å². The number of methoxy groups -OCH3 is 1. The fourth-order valence-corrected chi connectivity index (χ4v) is 1.84. The largest absolute Gasteiger partial charge is 0.497 e. The van der Waals surface area contributed by atoms with Crippen molar-refractivity contribution in [2.75, 3.05) is 37.9 Å². The van der Waals surface area contributed by atoms with E-state index in [2.05, 4.69) is 5.32 Å². The van der Waals surface area contributed by atoms with Crippen molar-refractivity contribution in [3.05, 3.63) is 18.2 Å². The van der Waals surface area contributed by atoms with Crippen molar-refractivity contribution in [2.24, 2.45) is 0 Å². The molecule has 5 heteroatoms. The van der Waals surface area contributed by atoms with Crippen molar-refractivity contribution in [3.8, 4) is 5.75 Å². The molecule has 17 heavy (non-hydrogen) atoms. The highest BCUT2D eigenvalue weighted by atomic mass is 16.5. The van der Waals surface area contributed by atoms with Crippen LogP contribution in [0.25, 0.3) is 0 Å². The number of aliphatic hydroxyl groups is 1. The first kappa shape index (κ1) is 12.0. The van der Waals surface area contributed by atoms with Crippen LogP contribution in [0.3, 0.4) is 0 Å². The molecule has 0 spiro atoms. The van der Waals surface area contributed by atoms with Crippen LogP contribution in [0.5, 0.6) is 5.75 Å². The molecule has 5 nitrogen and oxygen atoms in total. The molecule has 1 aromatic rings. The van der Waals surface area contributed by atoms with Gasteiger partial charge in [0, 0.05) is 43.1 Å². The molecule has 2 rings (SSSR count). The number of rotatable bonds is 4. The van der Waals surface area contributed by atoms with Crippen molar-refractivity contribution in [3.63, 3.8) is 0 Å². The minimum absolute atomic E-state index is 0.374. The Balaban J connectivity index is 2.00. The maximum Gasteiger partial charge on any atom is 0.122 e. The summed E-state index contributed by atoms with van der Waals surface area (Å²) in [5, 5.41) is 13.3. The summed E-state index contributed by atoms with van der Waals surface area (Å²) in [5.74, 6) is 0.696. The van der Waals surface area contributed by atoms with Crippen molar-refractivity contribution >= 4 is 11.4 Å². The molecule has 0 radical (unpaired) electrons. The molecule has 0 aliphatic carbocycles. The van der Waals surface area contributed by atoms with Crippen LogP contribution in [-0.4, -0.2) is 37.6 Å². The summed E-state index contributed by atoms with van der Waals surface area (Å²) in [6, 6.07) is 5.40. The molecule has 1 fully saturated rings. The van der Waals surface area contributed by atoms with Crippen LogP contribution in [0.15, 0.2) is 18.2 Å². The van der Waals surface area contributed by atoms with Gasteiger partial charge in [0.15, 0.2) is 0 Å². The molecule has 0 bridgehead atoms. The zero-order valence-corrected chi connectivity index (χ0v) is 9.90. The Morgan fingerprint density at radius 2 is 2.35 bits per heavy atom. The number of nitrogen functional groups attached to an aromatic ring is 1. The third-order valence-corrected chi connectivity index (χ3v) is 2.87. The molecule has 1 aliphatic rings. The van der Waals surface area contributed by atoms with Gasteiger partial charge in [-0.25, -0.2) is 0 Å². The van der Waals surface area contributed by atoms with Crippen molar-refractivity contribution < 1.29 is 14.6 Å². The van der Waals surface area contributed by atoms with Crippen molar-refractivity contribution in [1.82, 2.24) is 0 Å². The molecule has 1 aromatic carbocycles. The molecule has 4 N–H and O–H groups in total. The molecular weight excluding hydrogens is 220 g/mol. The first-order chi connectivity index (χ1) is 8.11. The van der Waals surface area contributed by atoms with E-state index in [4.69, 9.17) is 15.2 Å². The Hall–Kier alpha value is -1.46. The van der Waals surface area contributed by atoms with E-state index in [9.17, 15) is 5.11 Å². The average Bonchev–Trinajstić information content (AvgIpc) is 2.73. The topological polar surface area (TPSA) is 76.7 Å². The molecule has 1 atom stereocenters. The summed E-state index contributed by atoms with van der Waals surface area (Å²) in [7, 11) is 1.59. The van der Waals surface area contributed by atoms with E-state index in [0.29, 0.717) is 37.6 Å². The van der Waals surface area contributed by atoms with Gasteiger partial charge in [0.2, 0.25) is 0 Å². The number of hydrogen-bond donors (Lipinski definition) is 3. The first-order valence-electron chi connectivity index (χ1n) is 5.60. The smallest absolute Gasteiger partial charge is 0.122 e.